The van der Waals surface area contributed by atoms with Crippen LogP contribution in [-0.4, -0.2) is 23.6 Å². The van der Waals surface area contributed by atoms with Gasteiger partial charge in [0.1, 0.15) is 5.76 Å². The van der Waals surface area contributed by atoms with E-state index in [1.165, 1.54) is 4.90 Å². The average molecular weight is 456 g/mol. The molecule has 0 aromatic heterocycles. The van der Waals surface area contributed by atoms with Crippen LogP contribution >= 0.6 is 0 Å². The van der Waals surface area contributed by atoms with E-state index < -0.39 is 17.7 Å². The molecular weight excluding hydrogens is 430 g/mol. The van der Waals surface area contributed by atoms with E-state index in [1.54, 1.807) is 18.2 Å². The molecule has 6 nitrogen and oxygen atoms in total. The molecule has 2 aliphatic heterocycles. The quantitative estimate of drug-likeness (QED) is 0.328. The van der Waals surface area contributed by atoms with E-state index in [0.29, 0.717) is 22.7 Å². The van der Waals surface area contributed by atoms with Gasteiger partial charge in [-0.3, -0.25) is 14.5 Å². The van der Waals surface area contributed by atoms with Gasteiger partial charge in [-0.25, -0.2) is 0 Å². The van der Waals surface area contributed by atoms with E-state index in [9.17, 15) is 14.7 Å². The van der Waals surface area contributed by atoms with Crippen LogP contribution in [0.25, 0.3) is 5.76 Å². The second-order valence-corrected chi connectivity index (χ2v) is 9.44. The summed E-state index contributed by atoms with van der Waals surface area (Å²) in [5.74, 6) is -0.620. The van der Waals surface area contributed by atoms with Crippen LogP contribution in [0.1, 0.15) is 43.5 Å². The Morgan fingerprint density at radius 1 is 0.912 bits per heavy atom. The molecule has 2 heterocycles. The zero-order chi connectivity index (χ0) is 24.0. The number of carbonyl (C=O) groups excluding carboxylic acids is 2. The van der Waals surface area contributed by atoms with Gasteiger partial charge in [-0.05, 0) is 46.9 Å². The van der Waals surface area contributed by atoms with Crippen LogP contribution in [-0.2, 0) is 15.0 Å². The number of nitrogens with zero attached hydrogens (tertiary/aromatic N) is 1. The number of ether oxygens (including phenoxy) is 2. The SMILES string of the molecule is CC(C)(C)c1ccc(N2C(=O)C(=O)/C(=C(\O)c3ccc4c(c3)OCO4)C2c2ccccc2)cc1. The molecule has 1 fully saturated rings. The van der Waals surface area contributed by atoms with Crippen molar-refractivity contribution in [1.82, 2.24) is 0 Å². The van der Waals surface area contributed by atoms with E-state index in [-0.39, 0.29) is 23.5 Å². The molecule has 3 aromatic carbocycles. The van der Waals surface area contributed by atoms with Gasteiger partial charge in [0.2, 0.25) is 6.79 Å². The molecule has 0 aliphatic carbocycles. The van der Waals surface area contributed by atoms with Crippen LogP contribution in [0.4, 0.5) is 5.69 Å². The van der Waals surface area contributed by atoms with Gasteiger partial charge in [-0.15, -0.1) is 0 Å². The molecule has 172 valence electrons. The van der Waals surface area contributed by atoms with Gasteiger partial charge in [0, 0.05) is 11.3 Å². The number of anilines is 1. The Hall–Kier alpha value is -4.06. The van der Waals surface area contributed by atoms with Crippen LogP contribution in [0.5, 0.6) is 11.5 Å². The lowest BCUT2D eigenvalue weighted by Gasteiger charge is -2.26. The summed E-state index contributed by atoms with van der Waals surface area (Å²) in [5, 5.41) is 11.3. The summed E-state index contributed by atoms with van der Waals surface area (Å²) in [6.45, 7) is 6.44. The number of amides is 1. The molecule has 1 amide bonds. The monoisotopic (exact) mass is 455 g/mol. The number of ketones is 1. The molecule has 2 aliphatic rings. The Bertz CT molecular complexity index is 1300. The standard InChI is InChI=1S/C28H25NO5/c1-28(2,3)19-10-12-20(13-11-19)29-24(17-7-5-4-6-8-17)23(26(31)27(29)32)25(30)18-9-14-21-22(15-18)34-16-33-21/h4-15,24,30H,16H2,1-3H3/b25-23-. The molecule has 1 atom stereocenters. The third-order valence-corrected chi connectivity index (χ3v) is 6.22. The van der Waals surface area contributed by atoms with Crippen LogP contribution in [0, 0.1) is 0 Å². The predicted molar refractivity (Wildman–Crippen MR) is 129 cm³/mol. The lowest BCUT2D eigenvalue weighted by atomic mass is 9.87. The zero-order valence-corrected chi connectivity index (χ0v) is 19.2. The number of aliphatic hydroxyl groups is 1. The van der Waals surface area contributed by atoms with Gasteiger partial charge in [-0.2, -0.15) is 0 Å². The molecule has 0 bridgehead atoms. The van der Waals surface area contributed by atoms with E-state index in [4.69, 9.17) is 9.47 Å². The first-order chi connectivity index (χ1) is 16.3. The van der Waals surface area contributed by atoms with Crippen LogP contribution in [0.3, 0.4) is 0 Å². The third kappa shape index (κ3) is 3.61. The molecule has 3 aromatic rings. The number of carbonyl (C=O) groups is 2. The van der Waals surface area contributed by atoms with Gasteiger partial charge in [0.05, 0.1) is 11.6 Å². The average Bonchev–Trinajstić information content (AvgIpc) is 3.41. The molecule has 34 heavy (non-hydrogen) atoms. The minimum absolute atomic E-state index is 0.0370. The van der Waals surface area contributed by atoms with Crippen molar-refractivity contribution in [2.75, 3.05) is 11.7 Å². The van der Waals surface area contributed by atoms with E-state index >= 15 is 0 Å². The van der Waals surface area contributed by atoms with Crippen molar-refractivity contribution in [2.45, 2.75) is 32.2 Å². The topological polar surface area (TPSA) is 76.1 Å². The fourth-order valence-electron chi connectivity index (χ4n) is 4.37. The van der Waals surface area contributed by atoms with E-state index in [0.717, 1.165) is 11.1 Å². The number of benzene rings is 3. The molecule has 1 saturated heterocycles. The number of Topliss-reactive ketones (excluding diaryl/α,β-unsaturated/α-hetero) is 1. The highest BCUT2D eigenvalue weighted by molar-refractivity contribution is 6.51. The Labute approximate surface area is 198 Å². The number of aliphatic hydroxyl groups excluding tert-OH is 1. The first-order valence-corrected chi connectivity index (χ1v) is 11.1. The highest BCUT2D eigenvalue weighted by Crippen LogP contribution is 2.43. The van der Waals surface area contributed by atoms with Crippen LogP contribution in [0.2, 0.25) is 0 Å². The molecule has 1 N–H and O–H groups in total. The molecule has 6 heteroatoms. The number of rotatable bonds is 3. The number of fused-ring (bicyclic) bond motifs is 1. The van der Waals surface area contributed by atoms with Gasteiger partial charge < -0.3 is 14.6 Å². The molecular formula is C28H25NO5. The number of hydrogen-bond donors (Lipinski definition) is 1. The van der Waals surface area contributed by atoms with Crippen molar-refractivity contribution in [3.05, 3.63) is 95.1 Å². The van der Waals surface area contributed by atoms with E-state index in [1.807, 2.05) is 54.6 Å². The predicted octanol–water partition coefficient (Wildman–Crippen LogP) is 5.34. The van der Waals surface area contributed by atoms with Gasteiger partial charge >= 0.3 is 0 Å². The van der Waals surface area contributed by atoms with Crippen molar-refractivity contribution in [3.8, 4) is 11.5 Å². The van der Waals surface area contributed by atoms with Crippen molar-refractivity contribution >= 4 is 23.1 Å². The maximum Gasteiger partial charge on any atom is 0.300 e. The Morgan fingerprint density at radius 3 is 2.26 bits per heavy atom. The molecule has 1 unspecified atom stereocenters. The number of hydrogen-bond acceptors (Lipinski definition) is 5. The highest BCUT2D eigenvalue weighted by Gasteiger charge is 2.47. The Kier molecular flexibility index (Phi) is 5.16. The normalized spacial score (nSPS) is 19.0. The fraction of sp³-hybridized carbons (Fsp3) is 0.214. The first kappa shape index (κ1) is 21.8. The maximum absolute atomic E-state index is 13.3. The highest BCUT2D eigenvalue weighted by atomic mass is 16.7. The van der Waals surface area contributed by atoms with Crippen molar-refractivity contribution in [1.29, 1.82) is 0 Å². The summed E-state index contributed by atoms with van der Waals surface area (Å²) in [6, 6.07) is 21.1. The summed E-state index contributed by atoms with van der Waals surface area (Å²) in [7, 11) is 0. The van der Waals surface area contributed by atoms with Crippen LogP contribution < -0.4 is 14.4 Å². The minimum atomic E-state index is -0.771. The maximum atomic E-state index is 13.3. The largest absolute Gasteiger partial charge is 0.507 e. The van der Waals surface area contributed by atoms with E-state index in [2.05, 4.69) is 20.8 Å². The molecule has 0 saturated carbocycles. The summed E-state index contributed by atoms with van der Waals surface area (Å²) in [5.41, 5.74) is 2.80. The lowest BCUT2D eigenvalue weighted by molar-refractivity contribution is -0.132. The van der Waals surface area contributed by atoms with Crippen LogP contribution in [0.15, 0.2) is 78.4 Å². The van der Waals surface area contributed by atoms with Crippen molar-refractivity contribution in [2.24, 2.45) is 0 Å². The van der Waals surface area contributed by atoms with Gasteiger partial charge in [-0.1, -0.05) is 63.2 Å². The minimum Gasteiger partial charge on any atom is -0.507 e. The molecule has 5 rings (SSSR count). The Balaban J connectivity index is 1.66. The second-order valence-electron chi connectivity index (χ2n) is 9.44. The molecule has 0 radical (unpaired) electrons. The Morgan fingerprint density at radius 2 is 1.59 bits per heavy atom. The molecule has 0 spiro atoms. The first-order valence-electron chi connectivity index (χ1n) is 11.1. The summed E-state index contributed by atoms with van der Waals surface area (Å²) >= 11 is 0. The smallest absolute Gasteiger partial charge is 0.300 e. The lowest BCUT2D eigenvalue weighted by Crippen LogP contribution is -2.29. The van der Waals surface area contributed by atoms with Gasteiger partial charge in [0.15, 0.2) is 11.5 Å². The summed E-state index contributed by atoms with van der Waals surface area (Å²) in [4.78, 5) is 28.0. The second kappa shape index (κ2) is 8.06. The summed E-state index contributed by atoms with van der Waals surface area (Å²) in [6.07, 6.45) is 0. The van der Waals surface area contributed by atoms with Crippen molar-refractivity contribution < 1.29 is 24.2 Å². The summed E-state index contributed by atoms with van der Waals surface area (Å²) < 4.78 is 10.8. The third-order valence-electron chi connectivity index (χ3n) is 6.22. The zero-order valence-electron chi connectivity index (χ0n) is 19.2. The van der Waals surface area contributed by atoms with Gasteiger partial charge in [0.25, 0.3) is 11.7 Å². The van der Waals surface area contributed by atoms with Crippen molar-refractivity contribution in [3.63, 3.8) is 0 Å². The fourth-order valence-corrected chi connectivity index (χ4v) is 4.37.